The van der Waals surface area contributed by atoms with Gasteiger partial charge in [0.2, 0.25) is 5.91 Å². The first-order valence-electron chi connectivity index (χ1n) is 13.6. The average Bonchev–Trinajstić information content (AvgIpc) is 2.98. The topological polar surface area (TPSA) is 73.9 Å². The molecule has 7 nitrogen and oxygen atoms in total. The molecule has 0 unspecified atom stereocenters. The summed E-state index contributed by atoms with van der Waals surface area (Å²) in [5, 5.41) is 5.78. The van der Waals surface area contributed by atoms with E-state index in [0.29, 0.717) is 13.1 Å². The molecule has 2 aliphatic heterocycles. The van der Waals surface area contributed by atoms with Crippen molar-refractivity contribution >= 4 is 29.0 Å². The molecule has 4 aromatic rings. The van der Waals surface area contributed by atoms with E-state index in [9.17, 15) is 9.59 Å². The number of urea groups is 1. The fourth-order valence-electron chi connectivity index (χ4n) is 5.41. The van der Waals surface area contributed by atoms with Gasteiger partial charge < -0.3 is 25.2 Å². The van der Waals surface area contributed by atoms with Gasteiger partial charge in [-0.15, -0.1) is 0 Å². The zero-order valence-corrected chi connectivity index (χ0v) is 22.7. The molecule has 1 saturated heterocycles. The van der Waals surface area contributed by atoms with Crippen LogP contribution in [0.1, 0.15) is 28.2 Å². The van der Waals surface area contributed by atoms with Crippen LogP contribution < -0.4 is 20.3 Å². The van der Waals surface area contributed by atoms with Gasteiger partial charge in [0.25, 0.3) is 0 Å². The summed E-state index contributed by atoms with van der Waals surface area (Å²) in [6, 6.07) is 29.0. The Labute approximate surface area is 234 Å². The van der Waals surface area contributed by atoms with Gasteiger partial charge in [0, 0.05) is 54.4 Å². The lowest BCUT2D eigenvalue weighted by atomic mass is 9.86. The van der Waals surface area contributed by atoms with E-state index in [1.165, 1.54) is 5.56 Å². The van der Waals surface area contributed by atoms with Gasteiger partial charge in [0.05, 0.1) is 5.92 Å². The minimum atomic E-state index is -0.368. The molecule has 0 saturated carbocycles. The molecule has 2 N–H and O–H groups in total. The lowest BCUT2D eigenvalue weighted by molar-refractivity contribution is -0.132. The molecule has 6 rings (SSSR count). The molecule has 0 aromatic heterocycles. The molecule has 0 aliphatic carbocycles. The van der Waals surface area contributed by atoms with Crippen molar-refractivity contribution in [3.63, 3.8) is 0 Å². The molecule has 0 spiro atoms. The molecular weight excluding hydrogens is 500 g/mol. The third-order valence-corrected chi connectivity index (χ3v) is 7.77. The van der Waals surface area contributed by atoms with Crippen LogP contribution in [0, 0.1) is 13.8 Å². The second-order valence-electron chi connectivity index (χ2n) is 10.3. The number of anilines is 3. The van der Waals surface area contributed by atoms with Gasteiger partial charge in [-0.05, 0) is 73.5 Å². The number of ether oxygens (including phenoxy) is 1. The number of hydrogen-bond acceptors (Lipinski definition) is 4. The quantitative estimate of drug-likeness (QED) is 0.313. The maximum Gasteiger partial charge on any atom is 0.323 e. The standard InChI is InChI=1S/C33H32N4O3/c1-22-11-12-25(21-23(22)2)35-33(39)34-24-13-15-26(16-14-24)36-17-19-37(20-18-36)32(38)31-27-7-3-5-9-29(27)40-30-10-6-4-8-28(30)31/h3-16,21,31H,17-20H2,1-2H3,(H2,34,35,39). The minimum absolute atomic E-state index is 0.109. The summed E-state index contributed by atoms with van der Waals surface area (Å²) in [4.78, 5) is 30.5. The summed E-state index contributed by atoms with van der Waals surface area (Å²) in [5.41, 5.74) is 6.69. The van der Waals surface area contributed by atoms with Gasteiger partial charge in [-0.25, -0.2) is 4.79 Å². The Hall–Kier alpha value is -4.78. The molecule has 0 radical (unpaired) electrons. The SMILES string of the molecule is Cc1ccc(NC(=O)Nc2ccc(N3CCN(C(=O)C4c5ccccc5Oc5ccccc54)CC3)cc2)cc1C. The zero-order valence-electron chi connectivity index (χ0n) is 22.7. The number of nitrogens with one attached hydrogen (secondary N) is 2. The van der Waals surface area contributed by atoms with Crippen molar-refractivity contribution in [3.05, 3.63) is 113 Å². The highest BCUT2D eigenvalue weighted by Gasteiger charge is 2.36. The highest BCUT2D eigenvalue weighted by molar-refractivity contribution is 6.00. The molecule has 0 bridgehead atoms. The summed E-state index contributed by atoms with van der Waals surface area (Å²) in [5.74, 6) is 1.23. The number of benzene rings is 4. The van der Waals surface area contributed by atoms with Crippen molar-refractivity contribution < 1.29 is 14.3 Å². The first kappa shape index (κ1) is 25.5. The predicted octanol–water partition coefficient (Wildman–Crippen LogP) is 6.53. The van der Waals surface area contributed by atoms with Crippen LogP contribution in [0.5, 0.6) is 11.5 Å². The van der Waals surface area contributed by atoms with Gasteiger partial charge in [0.15, 0.2) is 0 Å². The molecule has 1 fully saturated rings. The van der Waals surface area contributed by atoms with Gasteiger partial charge in [0.1, 0.15) is 11.5 Å². The number of rotatable bonds is 4. The van der Waals surface area contributed by atoms with Crippen LogP contribution in [-0.2, 0) is 4.79 Å². The number of amides is 3. The summed E-state index contributed by atoms with van der Waals surface area (Å²) in [6.45, 7) is 6.81. The number of carbonyl (C=O) groups excluding carboxylic acids is 2. The highest BCUT2D eigenvalue weighted by atomic mass is 16.5. The molecule has 40 heavy (non-hydrogen) atoms. The number of fused-ring (bicyclic) bond motifs is 2. The van der Waals surface area contributed by atoms with Gasteiger partial charge in [-0.1, -0.05) is 42.5 Å². The van der Waals surface area contributed by atoms with Crippen molar-refractivity contribution in [3.8, 4) is 11.5 Å². The molecule has 7 heteroatoms. The second kappa shape index (κ2) is 10.8. The van der Waals surface area contributed by atoms with E-state index in [4.69, 9.17) is 4.74 Å². The Morgan fingerprint density at radius 3 is 1.90 bits per heavy atom. The number of para-hydroxylation sites is 2. The lowest BCUT2D eigenvalue weighted by Gasteiger charge is -2.38. The minimum Gasteiger partial charge on any atom is -0.457 e. The maximum atomic E-state index is 13.8. The fraction of sp³-hybridized carbons (Fsp3) is 0.212. The van der Waals surface area contributed by atoms with Crippen LogP contribution in [0.15, 0.2) is 91.0 Å². The van der Waals surface area contributed by atoms with Crippen LogP contribution in [0.3, 0.4) is 0 Å². The van der Waals surface area contributed by atoms with Crippen molar-refractivity contribution in [2.75, 3.05) is 41.7 Å². The highest BCUT2D eigenvalue weighted by Crippen LogP contribution is 2.44. The van der Waals surface area contributed by atoms with E-state index in [1.54, 1.807) is 0 Å². The van der Waals surface area contributed by atoms with E-state index < -0.39 is 0 Å². The smallest absolute Gasteiger partial charge is 0.323 e. The van der Waals surface area contributed by atoms with Crippen LogP contribution >= 0.6 is 0 Å². The number of nitrogens with zero attached hydrogens (tertiary/aromatic N) is 2. The third kappa shape index (κ3) is 5.10. The molecule has 0 atom stereocenters. The monoisotopic (exact) mass is 532 g/mol. The van der Waals surface area contributed by atoms with Crippen molar-refractivity contribution in [2.24, 2.45) is 0 Å². The fourth-order valence-corrected chi connectivity index (χ4v) is 5.41. The second-order valence-corrected chi connectivity index (χ2v) is 10.3. The van der Waals surface area contributed by atoms with E-state index in [-0.39, 0.29) is 17.9 Å². The Balaban J connectivity index is 1.08. The lowest BCUT2D eigenvalue weighted by Crippen LogP contribution is -2.50. The molecule has 3 amide bonds. The molecule has 2 heterocycles. The average molecular weight is 533 g/mol. The molecular formula is C33H32N4O3. The Kier molecular flexibility index (Phi) is 6.86. The summed E-state index contributed by atoms with van der Waals surface area (Å²) < 4.78 is 6.08. The molecule has 4 aromatic carbocycles. The molecule has 2 aliphatic rings. The first-order chi connectivity index (χ1) is 19.5. The summed E-state index contributed by atoms with van der Waals surface area (Å²) in [7, 11) is 0. The number of carbonyl (C=O) groups is 2. The van der Waals surface area contributed by atoms with E-state index in [0.717, 1.165) is 58.3 Å². The van der Waals surface area contributed by atoms with E-state index >= 15 is 0 Å². The number of piperazine rings is 1. The maximum absolute atomic E-state index is 13.8. The van der Waals surface area contributed by atoms with Crippen LogP contribution in [0.4, 0.5) is 21.9 Å². The van der Waals surface area contributed by atoms with Gasteiger partial charge in [-0.2, -0.15) is 0 Å². The predicted molar refractivity (Wildman–Crippen MR) is 159 cm³/mol. The Morgan fingerprint density at radius 1 is 0.700 bits per heavy atom. The van der Waals surface area contributed by atoms with Crippen LogP contribution in [-0.4, -0.2) is 43.0 Å². The van der Waals surface area contributed by atoms with E-state index in [1.807, 2.05) is 110 Å². The zero-order chi connectivity index (χ0) is 27.6. The summed E-state index contributed by atoms with van der Waals surface area (Å²) >= 11 is 0. The third-order valence-electron chi connectivity index (χ3n) is 7.77. The van der Waals surface area contributed by atoms with E-state index in [2.05, 4.69) is 15.5 Å². The molecule has 202 valence electrons. The van der Waals surface area contributed by atoms with Gasteiger partial charge in [-0.3, -0.25) is 4.79 Å². The van der Waals surface area contributed by atoms with Crippen molar-refractivity contribution in [2.45, 2.75) is 19.8 Å². The number of aryl methyl sites for hydroxylation is 2. The largest absolute Gasteiger partial charge is 0.457 e. The van der Waals surface area contributed by atoms with Gasteiger partial charge >= 0.3 is 6.03 Å². The van der Waals surface area contributed by atoms with Crippen LogP contribution in [0.2, 0.25) is 0 Å². The van der Waals surface area contributed by atoms with Crippen LogP contribution in [0.25, 0.3) is 0 Å². The number of hydrogen-bond donors (Lipinski definition) is 2. The van der Waals surface area contributed by atoms with Crippen molar-refractivity contribution in [1.29, 1.82) is 0 Å². The Morgan fingerprint density at radius 2 is 1.27 bits per heavy atom. The summed E-state index contributed by atoms with van der Waals surface area (Å²) in [6.07, 6.45) is 0. The van der Waals surface area contributed by atoms with Crippen molar-refractivity contribution in [1.82, 2.24) is 4.90 Å². The Bertz CT molecular complexity index is 1510. The normalized spacial score (nSPS) is 14.6. The first-order valence-corrected chi connectivity index (χ1v) is 13.6.